The van der Waals surface area contributed by atoms with E-state index in [2.05, 4.69) is 34.2 Å². The van der Waals surface area contributed by atoms with E-state index in [1.807, 2.05) is 6.92 Å². The number of hydrogen-bond acceptors (Lipinski definition) is 4. The molecule has 0 bridgehead atoms. The van der Waals surface area contributed by atoms with Crippen molar-refractivity contribution in [3.63, 3.8) is 0 Å². The summed E-state index contributed by atoms with van der Waals surface area (Å²) in [5.41, 5.74) is 1.25. The van der Waals surface area contributed by atoms with Gasteiger partial charge in [0.25, 0.3) is 11.3 Å². The number of aromatic nitrogens is 4. The van der Waals surface area contributed by atoms with Crippen molar-refractivity contribution in [2.45, 2.75) is 59.3 Å². The topological polar surface area (TPSA) is 92.2 Å². The van der Waals surface area contributed by atoms with E-state index in [1.54, 1.807) is 0 Å². The van der Waals surface area contributed by atoms with Crippen LogP contribution in [0.1, 0.15) is 57.2 Å². The molecule has 0 unspecified atom stereocenters. The van der Waals surface area contributed by atoms with Crippen molar-refractivity contribution in [1.82, 2.24) is 19.6 Å². The smallest absolute Gasteiger partial charge is 0.277 e. The zero-order chi connectivity index (χ0) is 17.3. The average Bonchev–Trinajstić information content (AvgIpc) is 2.94. The fourth-order valence-electron chi connectivity index (χ4n) is 3.34. The van der Waals surface area contributed by atoms with Crippen molar-refractivity contribution in [3.8, 4) is 0 Å². The maximum Gasteiger partial charge on any atom is 0.277 e. The second-order valence-corrected chi connectivity index (χ2v) is 7.11. The number of aryl methyl sites for hydroxylation is 1. The molecule has 130 valence electrons. The van der Waals surface area contributed by atoms with Gasteiger partial charge in [-0.1, -0.05) is 33.1 Å². The Morgan fingerprint density at radius 1 is 1.29 bits per heavy atom. The highest BCUT2D eigenvalue weighted by atomic mass is 16.2. The van der Waals surface area contributed by atoms with Gasteiger partial charge in [-0.3, -0.25) is 20.0 Å². The molecule has 7 heteroatoms. The zero-order valence-electron chi connectivity index (χ0n) is 14.6. The number of amides is 1. The van der Waals surface area contributed by atoms with Gasteiger partial charge in [-0.25, -0.2) is 4.98 Å². The molecule has 2 aromatic rings. The van der Waals surface area contributed by atoms with Crippen molar-refractivity contribution in [3.05, 3.63) is 21.6 Å². The van der Waals surface area contributed by atoms with Crippen LogP contribution in [0.2, 0.25) is 0 Å². The molecule has 3 rings (SSSR count). The van der Waals surface area contributed by atoms with Crippen LogP contribution in [0.4, 0.5) is 5.95 Å². The predicted molar refractivity (Wildman–Crippen MR) is 92.1 cm³/mol. The Morgan fingerprint density at radius 2 is 2.00 bits per heavy atom. The molecule has 0 aromatic carbocycles. The number of aromatic amines is 1. The molecule has 24 heavy (non-hydrogen) atoms. The fraction of sp³-hybridized carbons (Fsp3) is 0.647. The molecule has 0 radical (unpaired) electrons. The standard InChI is InChI=1S/C17H25N5O2/c1-10(2)9-13-11(3)18-17-20-16(21-22(17)15(13)24)19-14(23)12-7-5-4-6-8-12/h10,12H,4-9H2,1-3H3,(H2,18,19,20,21,23). The predicted octanol–water partition coefficient (Wildman–Crippen LogP) is 2.44. The first-order chi connectivity index (χ1) is 11.5. The molecule has 1 aliphatic rings. The minimum atomic E-state index is -0.142. The van der Waals surface area contributed by atoms with Crippen molar-refractivity contribution < 1.29 is 4.79 Å². The van der Waals surface area contributed by atoms with E-state index in [4.69, 9.17) is 0 Å². The summed E-state index contributed by atoms with van der Waals surface area (Å²) in [4.78, 5) is 33.6. The first-order valence-corrected chi connectivity index (χ1v) is 8.75. The molecule has 0 atom stereocenters. The highest BCUT2D eigenvalue weighted by molar-refractivity contribution is 5.91. The number of rotatable bonds is 4. The molecule has 1 saturated carbocycles. The molecule has 2 N–H and O–H groups in total. The molecule has 1 fully saturated rings. The number of nitrogens with zero attached hydrogens (tertiary/aromatic N) is 3. The first kappa shape index (κ1) is 16.7. The summed E-state index contributed by atoms with van der Waals surface area (Å²) in [5.74, 6) is 0.959. The van der Waals surface area contributed by atoms with E-state index in [0.29, 0.717) is 29.4 Å². The largest absolute Gasteiger partial charge is 0.295 e. The van der Waals surface area contributed by atoms with E-state index in [-0.39, 0.29) is 23.3 Å². The number of fused-ring (bicyclic) bond motifs is 1. The number of carbonyl (C=O) groups is 1. The Bertz CT molecular complexity index is 799. The molecule has 0 aliphatic heterocycles. The van der Waals surface area contributed by atoms with E-state index >= 15 is 0 Å². The third kappa shape index (κ3) is 3.34. The third-order valence-electron chi connectivity index (χ3n) is 4.63. The van der Waals surface area contributed by atoms with Crippen LogP contribution in [0, 0.1) is 18.8 Å². The Hall–Kier alpha value is -2.18. The van der Waals surface area contributed by atoms with E-state index in [0.717, 1.165) is 25.7 Å². The zero-order valence-corrected chi connectivity index (χ0v) is 14.6. The summed E-state index contributed by atoms with van der Waals surface area (Å²) in [5, 5.41) is 5.68. The highest BCUT2D eigenvalue weighted by Crippen LogP contribution is 2.24. The highest BCUT2D eigenvalue weighted by Gasteiger charge is 2.22. The molecule has 0 saturated heterocycles. The normalized spacial score (nSPS) is 16.0. The van der Waals surface area contributed by atoms with E-state index in [1.165, 1.54) is 10.9 Å². The Balaban J connectivity index is 1.87. The first-order valence-electron chi connectivity index (χ1n) is 8.75. The summed E-state index contributed by atoms with van der Waals surface area (Å²) < 4.78 is 1.32. The van der Waals surface area contributed by atoms with Crippen LogP contribution in [0.5, 0.6) is 0 Å². The monoisotopic (exact) mass is 331 g/mol. The number of hydrogen-bond donors (Lipinski definition) is 2. The molecule has 1 aliphatic carbocycles. The second-order valence-electron chi connectivity index (χ2n) is 7.11. The summed E-state index contributed by atoms with van der Waals surface area (Å²) in [6.07, 6.45) is 5.90. The van der Waals surface area contributed by atoms with Gasteiger partial charge in [-0.2, -0.15) is 9.50 Å². The lowest BCUT2D eigenvalue weighted by atomic mass is 9.89. The maximum atomic E-state index is 12.6. The van der Waals surface area contributed by atoms with Gasteiger partial charge in [0.15, 0.2) is 0 Å². The van der Waals surface area contributed by atoms with Crippen LogP contribution in [0.25, 0.3) is 5.78 Å². The van der Waals surface area contributed by atoms with Gasteiger partial charge in [0.1, 0.15) is 0 Å². The summed E-state index contributed by atoms with van der Waals surface area (Å²) in [6.45, 7) is 5.96. The minimum absolute atomic E-state index is 0.0269. The van der Waals surface area contributed by atoms with Gasteiger partial charge in [0.2, 0.25) is 11.9 Å². The van der Waals surface area contributed by atoms with Crippen LogP contribution in [0.15, 0.2) is 4.79 Å². The van der Waals surface area contributed by atoms with Gasteiger partial charge in [-0.05, 0) is 32.1 Å². The van der Waals surface area contributed by atoms with Gasteiger partial charge >= 0.3 is 0 Å². The number of anilines is 1. The molecule has 2 heterocycles. The summed E-state index contributed by atoms with van der Waals surface area (Å²) in [6, 6.07) is 0. The fourth-order valence-corrected chi connectivity index (χ4v) is 3.34. The van der Waals surface area contributed by atoms with Crippen molar-refractivity contribution in [1.29, 1.82) is 0 Å². The average molecular weight is 331 g/mol. The molecule has 2 aromatic heterocycles. The Kier molecular flexibility index (Phi) is 4.69. The molecular weight excluding hydrogens is 306 g/mol. The van der Waals surface area contributed by atoms with Crippen molar-refractivity contribution >= 4 is 17.6 Å². The lowest BCUT2D eigenvalue weighted by molar-refractivity contribution is -0.120. The van der Waals surface area contributed by atoms with E-state index in [9.17, 15) is 9.59 Å². The minimum Gasteiger partial charge on any atom is -0.295 e. The van der Waals surface area contributed by atoms with Crippen molar-refractivity contribution in [2.75, 3.05) is 5.32 Å². The Labute approximate surface area is 140 Å². The van der Waals surface area contributed by atoms with Crippen LogP contribution in [-0.2, 0) is 11.2 Å². The SMILES string of the molecule is Cc1nc2nc(NC(=O)C3CCCCC3)[nH]n2c(=O)c1CC(C)C. The lowest BCUT2D eigenvalue weighted by Crippen LogP contribution is -2.25. The second kappa shape index (κ2) is 6.75. The van der Waals surface area contributed by atoms with Crippen LogP contribution >= 0.6 is 0 Å². The molecule has 1 amide bonds. The summed E-state index contributed by atoms with van der Waals surface area (Å²) >= 11 is 0. The number of H-pyrrole nitrogens is 1. The number of carbonyl (C=O) groups excluding carboxylic acids is 1. The van der Waals surface area contributed by atoms with Crippen LogP contribution in [-0.4, -0.2) is 25.5 Å². The lowest BCUT2D eigenvalue weighted by Gasteiger charge is -2.19. The molecule has 7 nitrogen and oxygen atoms in total. The molecular formula is C17H25N5O2. The Morgan fingerprint density at radius 3 is 2.67 bits per heavy atom. The summed E-state index contributed by atoms with van der Waals surface area (Å²) in [7, 11) is 0. The van der Waals surface area contributed by atoms with Crippen LogP contribution < -0.4 is 10.9 Å². The van der Waals surface area contributed by atoms with Gasteiger partial charge < -0.3 is 0 Å². The molecule has 0 spiro atoms. The van der Waals surface area contributed by atoms with Crippen molar-refractivity contribution in [2.24, 2.45) is 11.8 Å². The number of nitrogens with one attached hydrogen (secondary N) is 2. The van der Waals surface area contributed by atoms with Gasteiger partial charge in [0, 0.05) is 11.5 Å². The third-order valence-corrected chi connectivity index (χ3v) is 4.63. The van der Waals surface area contributed by atoms with E-state index < -0.39 is 0 Å². The van der Waals surface area contributed by atoms with Gasteiger partial charge in [-0.15, -0.1) is 0 Å². The van der Waals surface area contributed by atoms with Gasteiger partial charge in [0.05, 0.1) is 5.69 Å². The quantitative estimate of drug-likeness (QED) is 0.900. The maximum absolute atomic E-state index is 12.6. The van der Waals surface area contributed by atoms with Crippen LogP contribution in [0.3, 0.4) is 0 Å².